The average molecular weight is 396 g/mol. The van der Waals surface area contributed by atoms with Gasteiger partial charge in [0.05, 0.1) is 13.8 Å². The van der Waals surface area contributed by atoms with Gasteiger partial charge in [0.15, 0.2) is 0 Å². The second-order valence-corrected chi connectivity index (χ2v) is 8.41. The second kappa shape index (κ2) is 7.34. The van der Waals surface area contributed by atoms with Gasteiger partial charge in [0, 0.05) is 48.3 Å². The maximum Gasteiger partial charge on any atom is 0.119 e. The van der Waals surface area contributed by atoms with Crippen molar-refractivity contribution in [2.45, 2.75) is 31.3 Å². The lowest BCUT2D eigenvalue weighted by molar-refractivity contribution is 0.221. The molecule has 5 heteroatoms. The van der Waals surface area contributed by atoms with Crippen molar-refractivity contribution in [1.82, 2.24) is 9.80 Å². The van der Waals surface area contributed by atoms with Crippen molar-refractivity contribution in [2.24, 2.45) is 0 Å². The molecule has 0 amide bonds. The summed E-state index contributed by atoms with van der Waals surface area (Å²) in [7, 11) is 1.70. The Labute approximate surface area is 171 Å². The van der Waals surface area contributed by atoms with Gasteiger partial charge in [0.1, 0.15) is 5.75 Å². The summed E-state index contributed by atoms with van der Waals surface area (Å²) in [6.07, 6.45) is 7.89. The topological polar surface area (TPSA) is 19.0 Å². The van der Waals surface area contributed by atoms with E-state index in [0.717, 1.165) is 36.8 Å². The highest BCUT2D eigenvalue weighted by molar-refractivity contribution is 6.31. The summed E-state index contributed by atoms with van der Waals surface area (Å²) in [5, 5.41) is 0.938. The number of ether oxygens (including phenoxy) is 1. The van der Waals surface area contributed by atoms with Crippen LogP contribution < -0.4 is 9.64 Å². The Morgan fingerprint density at radius 1 is 1.00 bits per heavy atom. The molecule has 1 aliphatic carbocycles. The van der Waals surface area contributed by atoms with Gasteiger partial charge in [-0.15, -0.1) is 0 Å². The van der Waals surface area contributed by atoms with E-state index >= 15 is 0 Å². The smallest absolute Gasteiger partial charge is 0.119 e. The molecule has 1 fully saturated rings. The summed E-state index contributed by atoms with van der Waals surface area (Å²) in [6.45, 7) is 3.23. The zero-order valence-electron chi connectivity index (χ0n) is 16.2. The molecule has 2 aliphatic heterocycles. The Balaban J connectivity index is 1.19. The third kappa shape index (κ3) is 3.25. The highest BCUT2D eigenvalue weighted by atomic mass is 35.5. The van der Waals surface area contributed by atoms with Gasteiger partial charge in [0.2, 0.25) is 0 Å². The lowest BCUT2D eigenvalue weighted by Crippen LogP contribution is -2.39. The van der Waals surface area contributed by atoms with Crippen LogP contribution in [-0.2, 0) is 12.8 Å². The maximum absolute atomic E-state index is 6.42. The van der Waals surface area contributed by atoms with Gasteiger partial charge in [0.25, 0.3) is 0 Å². The van der Waals surface area contributed by atoms with Gasteiger partial charge in [-0.05, 0) is 60.7 Å². The van der Waals surface area contributed by atoms with Gasteiger partial charge in [-0.3, -0.25) is 4.90 Å². The number of methoxy groups -OCH3 is 1. The summed E-state index contributed by atoms with van der Waals surface area (Å²) in [6, 6.07) is 15.8. The number of hydrogen-bond donors (Lipinski definition) is 0. The predicted octanol–water partition coefficient (Wildman–Crippen LogP) is 4.14. The third-order valence-corrected chi connectivity index (χ3v) is 6.80. The van der Waals surface area contributed by atoms with Crippen LogP contribution in [0, 0.1) is 0 Å². The van der Waals surface area contributed by atoms with Crippen molar-refractivity contribution in [1.29, 1.82) is 0 Å². The normalized spacial score (nSPS) is 24.2. The Morgan fingerprint density at radius 2 is 1.86 bits per heavy atom. The molecule has 3 aliphatic rings. The molecule has 1 saturated heterocycles. The summed E-state index contributed by atoms with van der Waals surface area (Å²) in [5.74, 6) is 0.896. The fourth-order valence-electron chi connectivity index (χ4n) is 4.83. The van der Waals surface area contributed by atoms with Gasteiger partial charge in [-0.25, -0.2) is 0 Å². The highest BCUT2D eigenvalue weighted by Gasteiger charge is 2.35. The molecule has 2 atom stereocenters. The molecule has 2 heterocycles. The van der Waals surface area contributed by atoms with E-state index in [1.807, 2.05) is 18.2 Å². The van der Waals surface area contributed by atoms with Crippen LogP contribution in [0.5, 0.6) is 5.75 Å². The molecule has 0 bridgehead atoms. The summed E-state index contributed by atoms with van der Waals surface area (Å²) in [4.78, 5) is 7.46. The van der Waals surface area contributed by atoms with Crippen molar-refractivity contribution < 1.29 is 4.74 Å². The summed E-state index contributed by atoms with van der Waals surface area (Å²) in [5.41, 5.74) is 4.01. The number of likely N-dealkylation sites (tertiary alicyclic amines) is 1. The zero-order chi connectivity index (χ0) is 19.1. The second-order valence-electron chi connectivity index (χ2n) is 8.00. The van der Waals surface area contributed by atoms with Crippen molar-refractivity contribution in [3.8, 4) is 5.75 Å². The molecule has 2 aromatic rings. The largest absolute Gasteiger partial charge is 0.497 e. The molecule has 0 N–H and O–H groups in total. The van der Waals surface area contributed by atoms with Crippen LogP contribution in [0.15, 0.2) is 54.9 Å². The quantitative estimate of drug-likeness (QED) is 0.774. The van der Waals surface area contributed by atoms with Crippen molar-refractivity contribution >= 4 is 17.3 Å². The van der Waals surface area contributed by atoms with E-state index < -0.39 is 0 Å². The average Bonchev–Trinajstić information content (AvgIpc) is 3.46. The van der Waals surface area contributed by atoms with E-state index in [4.69, 9.17) is 16.3 Å². The first kappa shape index (κ1) is 17.9. The number of nitrogens with zero attached hydrogens (tertiary/aromatic N) is 3. The van der Waals surface area contributed by atoms with E-state index in [1.165, 1.54) is 29.8 Å². The lowest BCUT2D eigenvalue weighted by Gasteiger charge is -2.28. The number of halogens is 1. The Hall–Kier alpha value is -2.17. The monoisotopic (exact) mass is 395 g/mol. The molecule has 4 nitrogen and oxygen atoms in total. The van der Waals surface area contributed by atoms with E-state index in [0.29, 0.717) is 12.1 Å². The van der Waals surface area contributed by atoms with E-state index in [-0.39, 0.29) is 0 Å². The Kier molecular flexibility index (Phi) is 4.69. The van der Waals surface area contributed by atoms with Gasteiger partial charge in [-0.2, -0.15) is 0 Å². The van der Waals surface area contributed by atoms with Crippen molar-refractivity contribution in [3.05, 3.63) is 71.0 Å². The first-order valence-corrected chi connectivity index (χ1v) is 10.4. The molecule has 5 rings (SSSR count). The van der Waals surface area contributed by atoms with E-state index in [2.05, 4.69) is 51.4 Å². The molecule has 2 unspecified atom stereocenters. The minimum Gasteiger partial charge on any atom is -0.497 e. The number of fused-ring (bicyclic) bond motifs is 1. The van der Waals surface area contributed by atoms with Crippen molar-refractivity contribution in [2.75, 3.05) is 31.8 Å². The third-order valence-electron chi connectivity index (χ3n) is 6.45. The van der Waals surface area contributed by atoms with Gasteiger partial charge >= 0.3 is 0 Å². The minimum absolute atomic E-state index is 0.582. The SMILES string of the molecule is COc1ccc(N2C=CN(C3CCN(C4Cc5cccc(Cl)c5C4)C3)C2)cc1. The first-order chi connectivity index (χ1) is 13.7. The molecule has 0 saturated carbocycles. The maximum atomic E-state index is 6.42. The molecule has 2 aromatic carbocycles. The molecule has 0 aromatic heterocycles. The summed E-state index contributed by atoms with van der Waals surface area (Å²) < 4.78 is 5.26. The van der Waals surface area contributed by atoms with Crippen LogP contribution in [0.25, 0.3) is 0 Å². The van der Waals surface area contributed by atoms with Gasteiger partial charge in [-0.1, -0.05) is 23.7 Å². The molecule has 0 radical (unpaired) electrons. The Bertz CT molecular complexity index is 882. The molecule has 0 spiro atoms. The lowest BCUT2D eigenvalue weighted by atomic mass is 10.1. The molecule has 146 valence electrons. The minimum atomic E-state index is 0.582. The first-order valence-electron chi connectivity index (χ1n) is 10.1. The fraction of sp³-hybridized carbons (Fsp3) is 0.391. The highest BCUT2D eigenvalue weighted by Crippen LogP contribution is 2.33. The van der Waals surface area contributed by atoms with Gasteiger partial charge < -0.3 is 14.5 Å². The van der Waals surface area contributed by atoms with Crippen LogP contribution >= 0.6 is 11.6 Å². The van der Waals surface area contributed by atoms with Crippen LogP contribution in [-0.4, -0.2) is 48.8 Å². The molecule has 28 heavy (non-hydrogen) atoms. The van der Waals surface area contributed by atoms with Crippen LogP contribution in [0.3, 0.4) is 0 Å². The Morgan fingerprint density at radius 3 is 2.64 bits per heavy atom. The van der Waals surface area contributed by atoms with Crippen LogP contribution in [0.4, 0.5) is 5.69 Å². The molecular formula is C23H26ClN3O. The van der Waals surface area contributed by atoms with E-state index in [9.17, 15) is 0 Å². The number of hydrogen-bond acceptors (Lipinski definition) is 4. The zero-order valence-corrected chi connectivity index (χ0v) is 17.0. The number of anilines is 1. The number of benzene rings is 2. The van der Waals surface area contributed by atoms with Crippen LogP contribution in [0.2, 0.25) is 5.02 Å². The van der Waals surface area contributed by atoms with Crippen LogP contribution in [0.1, 0.15) is 17.5 Å². The predicted molar refractivity (Wildman–Crippen MR) is 114 cm³/mol. The fourth-order valence-corrected chi connectivity index (χ4v) is 5.10. The van der Waals surface area contributed by atoms with Crippen molar-refractivity contribution in [3.63, 3.8) is 0 Å². The number of rotatable bonds is 4. The van der Waals surface area contributed by atoms with E-state index in [1.54, 1.807) is 7.11 Å². The standard InChI is InChI=1S/C23H26ClN3O/c1-28-21-7-5-18(6-8-21)26-11-12-27(16-26)19-9-10-25(15-19)20-13-17-3-2-4-23(24)22(17)14-20/h2-8,11-12,19-20H,9-10,13-16H2,1H3. The molecular weight excluding hydrogens is 370 g/mol. The summed E-state index contributed by atoms with van der Waals surface area (Å²) >= 11 is 6.42.